The van der Waals surface area contributed by atoms with Crippen molar-refractivity contribution in [2.45, 2.75) is 10.4 Å². The molecular formula is C21H17ClF3N3O2S. The molecule has 0 aliphatic rings. The smallest absolute Gasteiger partial charge is 0.446 e. The van der Waals surface area contributed by atoms with Gasteiger partial charge in [0, 0.05) is 18.8 Å². The van der Waals surface area contributed by atoms with Crippen LogP contribution in [0.15, 0.2) is 47.5 Å². The number of alkyl halides is 3. The van der Waals surface area contributed by atoms with Crippen LogP contribution in [0.3, 0.4) is 0 Å². The van der Waals surface area contributed by atoms with Crippen LogP contribution in [0.1, 0.15) is 15.9 Å². The van der Waals surface area contributed by atoms with Gasteiger partial charge in [-0.3, -0.25) is 4.79 Å². The van der Waals surface area contributed by atoms with Gasteiger partial charge in [-0.05, 0) is 42.1 Å². The largest absolute Gasteiger partial charge is 0.495 e. The number of aromatic nitrogens is 1. The predicted octanol–water partition coefficient (Wildman–Crippen LogP) is 5.04. The zero-order valence-electron chi connectivity index (χ0n) is 16.4. The van der Waals surface area contributed by atoms with Crippen LogP contribution in [-0.4, -0.2) is 36.5 Å². The summed E-state index contributed by atoms with van der Waals surface area (Å²) in [4.78, 5) is 11.7. The number of carbonyl (C=O) groups excluding carboxylic acids is 1. The summed E-state index contributed by atoms with van der Waals surface area (Å²) in [5.74, 6) is 5.80. The molecule has 1 amide bonds. The number of anilines is 1. The molecule has 0 aliphatic heterocycles. The van der Waals surface area contributed by atoms with Crippen molar-refractivity contribution < 1.29 is 22.7 Å². The van der Waals surface area contributed by atoms with Crippen molar-refractivity contribution in [2.75, 3.05) is 26.0 Å². The first kappa shape index (κ1) is 22.7. The number of halogens is 4. The lowest BCUT2D eigenvalue weighted by Gasteiger charge is -2.10. The number of nitrogens with zero attached hydrogens (tertiary/aromatic N) is 1. The molecule has 162 valence electrons. The van der Waals surface area contributed by atoms with E-state index in [0.717, 1.165) is 0 Å². The molecule has 0 spiro atoms. The first-order valence-corrected chi connectivity index (χ1v) is 10.1. The molecule has 0 atom stereocenters. The van der Waals surface area contributed by atoms with Gasteiger partial charge in [0.05, 0.1) is 35.3 Å². The summed E-state index contributed by atoms with van der Waals surface area (Å²) in [6.07, 6.45) is 1.48. The second-order valence-corrected chi connectivity index (χ2v) is 7.64. The van der Waals surface area contributed by atoms with Gasteiger partial charge in [-0.25, -0.2) is 0 Å². The quantitative estimate of drug-likeness (QED) is 0.314. The molecule has 3 rings (SSSR count). The fourth-order valence-electron chi connectivity index (χ4n) is 2.85. The lowest BCUT2D eigenvalue weighted by Crippen LogP contribution is -2.17. The summed E-state index contributed by atoms with van der Waals surface area (Å²) >= 11 is 5.88. The standard InChI is InChI=1S/C21H17ClF3N3O2S/c1-26-20(29)13-8-9-15(17(11-13)30-2)27-10-4-5-14-12-28-16(6-3-7-18(28)22)19(14)31-21(23,24)25/h3,6-9,11-12,27H,10H2,1-2H3,(H,26,29). The summed E-state index contributed by atoms with van der Waals surface area (Å²) in [5, 5.41) is 5.85. The van der Waals surface area contributed by atoms with Crippen LogP contribution in [0.4, 0.5) is 18.9 Å². The molecular weight excluding hydrogens is 451 g/mol. The SMILES string of the molecule is CNC(=O)c1ccc(NCC#Cc2cn3c(Cl)cccc3c2SC(F)(F)F)c(OC)c1. The Morgan fingerprint density at radius 1 is 1.29 bits per heavy atom. The number of nitrogens with one attached hydrogen (secondary N) is 2. The molecule has 0 bridgehead atoms. The Balaban J connectivity index is 1.84. The number of amides is 1. The Labute approximate surface area is 185 Å². The average molecular weight is 468 g/mol. The monoisotopic (exact) mass is 467 g/mol. The van der Waals surface area contributed by atoms with Crippen molar-refractivity contribution in [2.24, 2.45) is 0 Å². The number of benzene rings is 1. The van der Waals surface area contributed by atoms with E-state index in [4.69, 9.17) is 16.3 Å². The Bertz CT molecular complexity index is 1180. The first-order valence-electron chi connectivity index (χ1n) is 8.91. The molecule has 0 fully saturated rings. The molecule has 2 N–H and O–H groups in total. The number of hydrogen-bond acceptors (Lipinski definition) is 4. The van der Waals surface area contributed by atoms with Crippen LogP contribution in [0.25, 0.3) is 5.52 Å². The molecule has 0 saturated carbocycles. The van der Waals surface area contributed by atoms with Crippen LogP contribution >= 0.6 is 23.4 Å². The van der Waals surface area contributed by atoms with Crippen molar-refractivity contribution >= 4 is 40.5 Å². The van der Waals surface area contributed by atoms with Crippen LogP contribution in [0, 0.1) is 11.8 Å². The van der Waals surface area contributed by atoms with Crippen LogP contribution in [0.2, 0.25) is 5.15 Å². The third kappa shape index (κ3) is 5.40. The van der Waals surface area contributed by atoms with E-state index >= 15 is 0 Å². The highest BCUT2D eigenvalue weighted by Gasteiger charge is 2.32. The minimum Gasteiger partial charge on any atom is -0.495 e. The number of ether oxygens (including phenoxy) is 1. The number of hydrogen-bond donors (Lipinski definition) is 2. The normalized spacial score (nSPS) is 11.0. The van der Waals surface area contributed by atoms with Gasteiger partial charge in [-0.15, -0.1) is 0 Å². The van der Waals surface area contributed by atoms with E-state index in [1.54, 1.807) is 36.4 Å². The number of pyridine rings is 1. The van der Waals surface area contributed by atoms with Crippen molar-refractivity contribution in [1.82, 2.24) is 9.72 Å². The van der Waals surface area contributed by atoms with Crippen LogP contribution < -0.4 is 15.4 Å². The van der Waals surface area contributed by atoms with Gasteiger partial charge >= 0.3 is 5.51 Å². The van der Waals surface area contributed by atoms with Gasteiger partial charge < -0.3 is 19.8 Å². The molecule has 2 heterocycles. The van der Waals surface area contributed by atoms with Crippen molar-refractivity contribution in [1.29, 1.82) is 0 Å². The second kappa shape index (κ2) is 9.45. The first-order chi connectivity index (χ1) is 14.7. The Kier molecular flexibility index (Phi) is 6.93. The maximum atomic E-state index is 13.1. The van der Waals surface area contributed by atoms with E-state index in [9.17, 15) is 18.0 Å². The van der Waals surface area contributed by atoms with Gasteiger partial charge in [-0.1, -0.05) is 29.5 Å². The van der Waals surface area contributed by atoms with E-state index in [1.807, 2.05) is 0 Å². The third-order valence-corrected chi connectivity index (χ3v) is 5.38. The Morgan fingerprint density at radius 2 is 2.06 bits per heavy atom. The number of carbonyl (C=O) groups is 1. The molecule has 2 aromatic heterocycles. The van der Waals surface area contributed by atoms with E-state index < -0.39 is 5.51 Å². The molecule has 31 heavy (non-hydrogen) atoms. The average Bonchev–Trinajstić information content (AvgIpc) is 3.07. The van der Waals surface area contributed by atoms with Gasteiger partial charge in [0.15, 0.2) is 0 Å². The molecule has 0 aliphatic carbocycles. The minimum atomic E-state index is -4.46. The molecule has 0 saturated heterocycles. The summed E-state index contributed by atoms with van der Waals surface area (Å²) in [7, 11) is 3.00. The molecule has 3 aromatic rings. The number of fused-ring (bicyclic) bond motifs is 1. The second-order valence-electron chi connectivity index (χ2n) is 6.17. The van der Waals surface area contributed by atoms with Crippen molar-refractivity contribution in [3.8, 4) is 17.6 Å². The van der Waals surface area contributed by atoms with E-state index in [2.05, 4.69) is 22.5 Å². The fourth-order valence-corrected chi connectivity index (χ4v) is 3.78. The predicted molar refractivity (Wildman–Crippen MR) is 116 cm³/mol. The van der Waals surface area contributed by atoms with Gasteiger partial charge in [0.2, 0.25) is 0 Å². The summed E-state index contributed by atoms with van der Waals surface area (Å²) in [6, 6.07) is 9.60. The highest BCUT2D eigenvalue weighted by molar-refractivity contribution is 8.00. The summed E-state index contributed by atoms with van der Waals surface area (Å²) in [6.45, 7) is 0.145. The summed E-state index contributed by atoms with van der Waals surface area (Å²) < 4.78 is 45.9. The number of thioether (sulfide) groups is 1. The van der Waals surface area contributed by atoms with Gasteiger partial charge in [0.1, 0.15) is 10.9 Å². The van der Waals surface area contributed by atoms with Crippen LogP contribution in [-0.2, 0) is 0 Å². The van der Waals surface area contributed by atoms with Gasteiger partial charge in [-0.2, -0.15) is 13.2 Å². The molecule has 0 radical (unpaired) electrons. The van der Waals surface area contributed by atoms with Crippen LogP contribution in [0.5, 0.6) is 5.75 Å². The van der Waals surface area contributed by atoms with Crippen molar-refractivity contribution in [3.63, 3.8) is 0 Å². The topological polar surface area (TPSA) is 54.8 Å². The highest BCUT2D eigenvalue weighted by atomic mass is 35.5. The number of methoxy groups -OCH3 is 1. The molecule has 1 aromatic carbocycles. The molecule has 5 nitrogen and oxygen atoms in total. The lowest BCUT2D eigenvalue weighted by molar-refractivity contribution is -0.0327. The fraction of sp³-hybridized carbons (Fsp3) is 0.190. The minimum absolute atomic E-state index is 0.00462. The van der Waals surface area contributed by atoms with E-state index in [-0.39, 0.29) is 39.8 Å². The zero-order chi connectivity index (χ0) is 22.6. The summed E-state index contributed by atoms with van der Waals surface area (Å²) in [5.41, 5.74) is -2.88. The zero-order valence-corrected chi connectivity index (χ0v) is 18.0. The number of rotatable bonds is 5. The maximum absolute atomic E-state index is 13.1. The highest BCUT2D eigenvalue weighted by Crippen LogP contribution is 2.41. The maximum Gasteiger partial charge on any atom is 0.446 e. The molecule has 10 heteroatoms. The van der Waals surface area contributed by atoms with E-state index in [1.165, 1.54) is 24.8 Å². The van der Waals surface area contributed by atoms with Gasteiger partial charge in [0.25, 0.3) is 5.91 Å². The Hall–Kier alpha value is -2.96. The van der Waals surface area contributed by atoms with E-state index in [0.29, 0.717) is 22.5 Å². The van der Waals surface area contributed by atoms with Crippen molar-refractivity contribution in [3.05, 3.63) is 58.9 Å². The lowest BCUT2D eigenvalue weighted by atomic mass is 10.1. The Morgan fingerprint density at radius 3 is 2.74 bits per heavy atom. The third-order valence-electron chi connectivity index (χ3n) is 4.21. The molecule has 0 unspecified atom stereocenters.